The molecule has 2 N–H and O–H groups in total. The maximum atomic E-state index is 12.5. The minimum Gasteiger partial charge on any atom is -0.454 e. The fraction of sp³-hybridized carbons (Fsp3) is 0.273. The van der Waals surface area contributed by atoms with Gasteiger partial charge in [0.05, 0.1) is 22.1 Å². The van der Waals surface area contributed by atoms with E-state index >= 15 is 0 Å². The molecule has 0 spiro atoms. The van der Waals surface area contributed by atoms with Crippen LogP contribution in [0.25, 0.3) is 11.3 Å². The lowest BCUT2D eigenvalue weighted by atomic mass is 9.98. The van der Waals surface area contributed by atoms with Gasteiger partial charge in [-0.05, 0) is 24.3 Å². The van der Waals surface area contributed by atoms with Gasteiger partial charge in [-0.25, -0.2) is 9.78 Å². The molecule has 0 unspecified atom stereocenters. The van der Waals surface area contributed by atoms with Crippen LogP contribution in [0.4, 0.5) is 10.5 Å². The van der Waals surface area contributed by atoms with E-state index < -0.39 is 0 Å². The molecule has 3 aromatic rings. The van der Waals surface area contributed by atoms with Crippen LogP contribution in [0.2, 0.25) is 5.02 Å². The first-order chi connectivity index (χ1) is 14.3. The largest absolute Gasteiger partial charge is 0.454 e. The summed E-state index contributed by atoms with van der Waals surface area (Å²) < 4.78 is 10.6. The average Bonchev–Trinajstić information content (AvgIpc) is 3.32. The van der Waals surface area contributed by atoms with Crippen LogP contribution in [0.5, 0.6) is 11.5 Å². The number of rotatable bonds is 4. The molecule has 2 aromatic carbocycles. The smallest absolute Gasteiger partial charge is 0.319 e. The number of halogens is 1. The van der Waals surface area contributed by atoms with Crippen molar-refractivity contribution in [3.63, 3.8) is 0 Å². The number of benzene rings is 2. The molecule has 156 valence electrons. The molecule has 8 heteroatoms. The summed E-state index contributed by atoms with van der Waals surface area (Å²) in [6.07, 6.45) is 0. The highest BCUT2D eigenvalue weighted by molar-refractivity contribution is 7.12. The van der Waals surface area contributed by atoms with E-state index in [-0.39, 0.29) is 18.2 Å². The van der Waals surface area contributed by atoms with Crippen molar-refractivity contribution in [1.82, 2.24) is 10.3 Å². The Morgan fingerprint density at radius 1 is 1.17 bits per heavy atom. The molecule has 0 aliphatic carbocycles. The Balaban J connectivity index is 1.50. The van der Waals surface area contributed by atoms with Crippen molar-refractivity contribution in [2.45, 2.75) is 32.7 Å². The summed E-state index contributed by atoms with van der Waals surface area (Å²) in [5, 5.41) is 7.40. The number of thiazole rings is 1. The number of nitrogens with one attached hydrogen (secondary N) is 2. The number of carbonyl (C=O) groups excluding carboxylic acids is 1. The highest BCUT2D eigenvalue weighted by Crippen LogP contribution is 2.36. The fourth-order valence-corrected chi connectivity index (χ4v) is 4.24. The number of nitrogens with zero attached hydrogens (tertiary/aromatic N) is 1. The summed E-state index contributed by atoms with van der Waals surface area (Å²) >= 11 is 7.78. The van der Waals surface area contributed by atoms with Crippen LogP contribution in [0.15, 0.2) is 42.5 Å². The average molecular weight is 444 g/mol. The van der Waals surface area contributed by atoms with Crippen LogP contribution in [-0.4, -0.2) is 17.8 Å². The van der Waals surface area contributed by atoms with Crippen molar-refractivity contribution in [2.24, 2.45) is 0 Å². The first kappa shape index (κ1) is 20.5. The van der Waals surface area contributed by atoms with E-state index in [1.54, 1.807) is 29.5 Å². The maximum absolute atomic E-state index is 12.5. The summed E-state index contributed by atoms with van der Waals surface area (Å²) in [6.45, 7) is 6.91. The molecular formula is C22H22ClN3O3S. The first-order valence-electron chi connectivity index (χ1n) is 9.50. The lowest BCUT2D eigenvalue weighted by Gasteiger charge is -2.13. The van der Waals surface area contributed by atoms with Crippen LogP contribution in [0.1, 0.15) is 30.7 Å². The zero-order valence-corrected chi connectivity index (χ0v) is 18.5. The minimum atomic E-state index is -0.309. The van der Waals surface area contributed by atoms with Crippen molar-refractivity contribution in [2.75, 3.05) is 12.1 Å². The van der Waals surface area contributed by atoms with E-state index in [2.05, 4.69) is 31.4 Å². The Morgan fingerprint density at radius 2 is 1.97 bits per heavy atom. The Morgan fingerprint density at radius 3 is 2.73 bits per heavy atom. The van der Waals surface area contributed by atoms with Gasteiger partial charge in [-0.1, -0.05) is 44.5 Å². The Bertz CT molecular complexity index is 1090. The van der Waals surface area contributed by atoms with Gasteiger partial charge in [0, 0.05) is 27.8 Å². The molecule has 0 atom stereocenters. The van der Waals surface area contributed by atoms with Crippen LogP contribution in [0.3, 0.4) is 0 Å². The predicted molar refractivity (Wildman–Crippen MR) is 120 cm³/mol. The molecule has 2 heterocycles. The van der Waals surface area contributed by atoms with Gasteiger partial charge in [-0.3, -0.25) is 0 Å². The molecule has 1 aliphatic rings. The number of fused-ring (bicyclic) bond motifs is 1. The van der Waals surface area contributed by atoms with E-state index in [4.69, 9.17) is 26.1 Å². The second-order valence-electron chi connectivity index (χ2n) is 7.93. The van der Waals surface area contributed by atoms with Crippen LogP contribution in [-0.2, 0) is 12.0 Å². The third-order valence-corrected chi connectivity index (χ3v) is 6.19. The number of ether oxygens (including phenoxy) is 2. The van der Waals surface area contributed by atoms with Gasteiger partial charge in [-0.15, -0.1) is 11.3 Å². The highest BCUT2D eigenvalue weighted by atomic mass is 35.5. The maximum Gasteiger partial charge on any atom is 0.319 e. The molecule has 0 saturated heterocycles. The van der Waals surface area contributed by atoms with E-state index in [9.17, 15) is 4.79 Å². The Labute approximate surface area is 184 Å². The second kappa shape index (κ2) is 8.16. The summed E-state index contributed by atoms with van der Waals surface area (Å²) in [7, 11) is 0. The number of anilines is 1. The van der Waals surface area contributed by atoms with Crippen molar-refractivity contribution < 1.29 is 14.3 Å². The molecule has 0 saturated carbocycles. The predicted octanol–water partition coefficient (Wildman–Crippen LogP) is 5.81. The zero-order valence-electron chi connectivity index (χ0n) is 16.9. The number of hydrogen-bond acceptors (Lipinski definition) is 5. The van der Waals surface area contributed by atoms with Gasteiger partial charge < -0.3 is 20.1 Å². The third-order valence-electron chi connectivity index (χ3n) is 4.48. The summed E-state index contributed by atoms with van der Waals surface area (Å²) in [6, 6.07) is 12.6. The van der Waals surface area contributed by atoms with Crippen molar-refractivity contribution in [3.05, 3.63) is 57.4 Å². The number of urea groups is 1. The molecule has 0 radical (unpaired) electrons. The van der Waals surface area contributed by atoms with Gasteiger partial charge in [-0.2, -0.15) is 0 Å². The highest BCUT2D eigenvalue weighted by Gasteiger charge is 2.23. The summed E-state index contributed by atoms with van der Waals surface area (Å²) in [5.74, 6) is 1.29. The van der Waals surface area contributed by atoms with Gasteiger partial charge in [0.25, 0.3) is 0 Å². The quantitative estimate of drug-likeness (QED) is 0.533. The fourth-order valence-electron chi connectivity index (χ4n) is 2.96. The lowest BCUT2D eigenvalue weighted by molar-refractivity contribution is 0.174. The monoisotopic (exact) mass is 443 g/mol. The molecular weight excluding hydrogens is 422 g/mol. The summed E-state index contributed by atoms with van der Waals surface area (Å²) in [5.41, 5.74) is 2.31. The van der Waals surface area contributed by atoms with Crippen LogP contribution >= 0.6 is 22.9 Å². The minimum absolute atomic E-state index is 0.0923. The van der Waals surface area contributed by atoms with Crippen molar-refractivity contribution >= 4 is 34.7 Å². The number of aromatic nitrogens is 1. The van der Waals surface area contributed by atoms with Gasteiger partial charge in [0.1, 0.15) is 0 Å². The molecule has 1 aliphatic heterocycles. The number of hydrogen-bond donors (Lipinski definition) is 2. The standard InChI is InChI=1S/C22H22ClN3O3S/c1-22(2,3)20-26-19(13-5-4-6-14(23)9-13)18(30-20)11-24-21(27)25-15-7-8-16-17(10-15)29-12-28-16/h4-10H,11-12H2,1-3H3,(H2,24,25,27). The number of carbonyl (C=O) groups is 1. The van der Waals surface area contributed by atoms with Crippen LogP contribution in [0, 0.1) is 0 Å². The van der Waals surface area contributed by atoms with Gasteiger partial charge in [0.2, 0.25) is 6.79 Å². The Hall–Kier alpha value is -2.77. The van der Waals surface area contributed by atoms with Crippen molar-refractivity contribution in [1.29, 1.82) is 0 Å². The van der Waals surface area contributed by atoms with E-state index in [1.807, 2.05) is 24.3 Å². The van der Waals surface area contributed by atoms with E-state index in [0.29, 0.717) is 28.8 Å². The van der Waals surface area contributed by atoms with Crippen molar-refractivity contribution in [3.8, 4) is 22.8 Å². The molecule has 0 fully saturated rings. The molecule has 6 nitrogen and oxygen atoms in total. The normalized spacial score (nSPS) is 12.7. The van der Waals surface area contributed by atoms with Crippen LogP contribution < -0.4 is 20.1 Å². The Kier molecular flexibility index (Phi) is 5.58. The topological polar surface area (TPSA) is 72.5 Å². The molecule has 4 rings (SSSR count). The number of amides is 2. The molecule has 0 bridgehead atoms. The van der Waals surface area contributed by atoms with E-state index in [0.717, 1.165) is 21.1 Å². The second-order valence-corrected chi connectivity index (χ2v) is 9.45. The molecule has 1 aromatic heterocycles. The van der Waals surface area contributed by atoms with Gasteiger partial charge in [0.15, 0.2) is 11.5 Å². The lowest BCUT2D eigenvalue weighted by Crippen LogP contribution is -2.28. The third kappa shape index (κ3) is 4.52. The van der Waals surface area contributed by atoms with E-state index in [1.165, 1.54) is 0 Å². The SMILES string of the molecule is CC(C)(C)c1nc(-c2cccc(Cl)c2)c(CNC(=O)Nc2ccc3c(c2)OCO3)s1. The zero-order chi connectivity index (χ0) is 21.3. The summed E-state index contributed by atoms with van der Waals surface area (Å²) in [4.78, 5) is 18.3. The molecule has 2 amide bonds. The first-order valence-corrected chi connectivity index (χ1v) is 10.7. The molecule has 30 heavy (non-hydrogen) atoms. The van der Waals surface area contributed by atoms with Gasteiger partial charge >= 0.3 is 6.03 Å².